The van der Waals surface area contributed by atoms with Crippen molar-refractivity contribution in [3.8, 4) is 0 Å². The molecule has 0 spiro atoms. The molecule has 0 aromatic carbocycles. The number of rotatable bonds is 5. The molecular formula is C13H23N3. The lowest BCUT2D eigenvalue weighted by Crippen LogP contribution is -2.56. The quantitative estimate of drug-likeness (QED) is 0.815. The highest BCUT2D eigenvalue weighted by Crippen LogP contribution is 2.35. The van der Waals surface area contributed by atoms with Gasteiger partial charge < -0.3 is 14.8 Å². The van der Waals surface area contributed by atoms with Gasteiger partial charge in [-0.15, -0.1) is 0 Å². The maximum Gasteiger partial charge on any atom is 0.0328 e. The van der Waals surface area contributed by atoms with Crippen LogP contribution in [0.4, 0.5) is 0 Å². The third-order valence-corrected chi connectivity index (χ3v) is 3.91. The topological polar surface area (TPSA) is 20.2 Å². The molecular weight excluding hydrogens is 198 g/mol. The summed E-state index contributed by atoms with van der Waals surface area (Å²) in [5, 5.41) is 3.58. The lowest BCUT2D eigenvalue weighted by molar-refractivity contribution is 0.0598. The van der Waals surface area contributed by atoms with Crippen LogP contribution in [0.1, 0.15) is 24.8 Å². The minimum Gasteiger partial charge on any atom is -0.357 e. The SMILES string of the molecule is CN(C)C1(CNCc2ccn(C)c2)CCC1. The normalized spacial score (nSPS) is 18.8. The smallest absolute Gasteiger partial charge is 0.0328 e. The van der Waals surface area contributed by atoms with Gasteiger partial charge in [0.25, 0.3) is 0 Å². The lowest BCUT2D eigenvalue weighted by Gasteiger charge is -2.47. The summed E-state index contributed by atoms with van der Waals surface area (Å²) in [4.78, 5) is 2.38. The molecule has 2 rings (SSSR count). The van der Waals surface area contributed by atoms with Crippen LogP contribution in [0.3, 0.4) is 0 Å². The lowest BCUT2D eigenvalue weighted by atomic mass is 9.75. The van der Waals surface area contributed by atoms with Crippen LogP contribution in [0.2, 0.25) is 0 Å². The minimum atomic E-state index is 0.425. The molecule has 16 heavy (non-hydrogen) atoms. The van der Waals surface area contributed by atoms with Crippen molar-refractivity contribution in [1.29, 1.82) is 0 Å². The summed E-state index contributed by atoms with van der Waals surface area (Å²) < 4.78 is 2.10. The number of nitrogens with one attached hydrogen (secondary N) is 1. The molecule has 0 unspecified atom stereocenters. The molecule has 1 N–H and O–H groups in total. The van der Waals surface area contributed by atoms with E-state index in [1.165, 1.54) is 24.8 Å². The molecule has 1 aliphatic carbocycles. The summed E-state index contributed by atoms with van der Waals surface area (Å²) in [6, 6.07) is 2.18. The third kappa shape index (κ3) is 2.30. The van der Waals surface area contributed by atoms with E-state index >= 15 is 0 Å². The van der Waals surface area contributed by atoms with Crippen molar-refractivity contribution in [2.24, 2.45) is 7.05 Å². The summed E-state index contributed by atoms with van der Waals surface area (Å²) in [5.74, 6) is 0. The molecule has 1 fully saturated rings. The van der Waals surface area contributed by atoms with Gasteiger partial charge in [-0.05, 0) is 45.0 Å². The zero-order valence-electron chi connectivity index (χ0n) is 10.7. The van der Waals surface area contributed by atoms with Gasteiger partial charge in [0, 0.05) is 38.1 Å². The number of hydrogen-bond donors (Lipinski definition) is 1. The highest BCUT2D eigenvalue weighted by molar-refractivity contribution is 5.10. The summed E-state index contributed by atoms with van der Waals surface area (Å²) >= 11 is 0. The molecule has 0 atom stereocenters. The number of aryl methyl sites for hydroxylation is 1. The third-order valence-electron chi connectivity index (χ3n) is 3.91. The Hall–Kier alpha value is -0.800. The number of nitrogens with zero attached hydrogens (tertiary/aromatic N) is 2. The molecule has 0 aliphatic heterocycles. The van der Waals surface area contributed by atoms with Crippen LogP contribution in [-0.2, 0) is 13.6 Å². The van der Waals surface area contributed by atoms with Gasteiger partial charge in [-0.2, -0.15) is 0 Å². The van der Waals surface area contributed by atoms with E-state index in [9.17, 15) is 0 Å². The van der Waals surface area contributed by atoms with Gasteiger partial charge in [0.1, 0.15) is 0 Å². The standard InChI is InChI=1S/C13H23N3/c1-15(2)13(6-4-7-13)11-14-9-12-5-8-16(3)10-12/h5,8,10,14H,4,6-7,9,11H2,1-3H3. The predicted molar refractivity (Wildman–Crippen MR) is 67.4 cm³/mol. The minimum absolute atomic E-state index is 0.425. The van der Waals surface area contributed by atoms with Crippen molar-refractivity contribution >= 4 is 0 Å². The van der Waals surface area contributed by atoms with Crippen molar-refractivity contribution in [1.82, 2.24) is 14.8 Å². The van der Waals surface area contributed by atoms with Gasteiger partial charge >= 0.3 is 0 Å². The Morgan fingerprint density at radius 2 is 2.19 bits per heavy atom. The Balaban J connectivity index is 1.79. The average molecular weight is 221 g/mol. The number of hydrogen-bond acceptors (Lipinski definition) is 2. The van der Waals surface area contributed by atoms with Crippen LogP contribution in [0.25, 0.3) is 0 Å². The Bertz CT molecular complexity index is 337. The van der Waals surface area contributed by atoms with Crippen LogP contribution < -0.4 is 5.32 Å². The van der Waals surface area contributed by atoms with Crippen molar-refractivity contribution in [2.75, 3.05) is 20.6 Å². The van der Waals surface area contributed by atoms with Gasteiger partial charge in [0.2, 0.25) is 0 Å². The molecule has 1 saturated carbocycles. The van der Waals surface area contributed by atoms with E-state index in [-0.39, 0.29) is 0 Å². The average Bonchev–Trinajstić information content (AvgIpc) is 2.55. The Labute approximate surface area is 98.4 Å². The second kappa shape index (κ2) is 4.60. The monoisotopic (exact) mass is 221 g/mol. The van der Waals surface area contributed by atoms with Crippen LogP contribution in [0.5, 0.6) is 0 Å². The molecule has 0 saturated heterocycles. The molecule has 3 heteroatoms. The molecule has 0 amide bonds. The fraction of sp³-hybridized carbons (Fsp3) is 0.692. The molecule has 0 bridgehead atoms. The Morgan fingerprint density at radius 1 is 1.44 bits per heavy atom. The number of aromatic nitrogens is 1. The van der Waals surface area contributed by atoms with Crippen molar-refractivity contribution in [3.63, 3.8) is 0 Å². The van der Waals surface area contributed by atoms with Crippen LogP contribution in [-0.4, -0.2) is 35.6 Å². The zero-order valence-corrected chi connectivity index (χ0v) is 10.7. The summed E-state index contributed by atoms with van der Waals surface area (Å²) in [6.45, 7) is 2.09. The van der Waals surface area contributed by atoms with E-state index in [1.54, 1.807) is 0 Å². The van der Waals surface area contributed by atoms with Crippen molar-refractivity contribution in [3.05, 3.63) is 24.0 Å². The van der Waals surface area contributed by atoms with Gasteiger partial charge in [-0.1, -0.05) is 0 Å². The van der Waals surface area contributed by atoms with Crippen LogP contribution in [0.15, 0.2) is 18.5 Å². The van der Waals surface area contributed by atoms with E-state index < -0.39 is 0 Å². The summed E-state index contributed by atoms with van der Waals surface area (Å²) in [7, 11) is 6.46. The molecule has 1 aromatic heterocycles. The Morgan fingerprint density at radius 3 is 2.62 bits per heavy atom. The molecule has 1 heterocycles. The summed E-state index contributed by atoms with van der Waals surface area (Å²) in [5.41, 5.74) is 1.80. The van der Waals surface area contributed by atoms with Gasteiger partial charge in [-0.25, -0.2) is 0 Å². The molecule has 3 nitrogen and oxygen atoms in total. The van der Waals surface area contributed by atoms with E-state index in [0.717, 1.165) is 13.1 Å². The van der Waals surface area contributed by atoms with Crippen LogP contribution >= 0.6 is 0 Å². The van der Waals surface area contributed by atoms with Gasteiger partial charge in [0.15, 0.2) is 0 Å². The van der Waals surface area contributed by atoms with E-state index in [1.807, 2.05) is 0 Å². The fourth-order valence-electron chi connectivity index (χ4n) is 2.47. The second-order valence-corrected chi connectivity index (χ2v) is 5.26. The van der Waals surface area contributed by atoms with Crippen LogP contribution in [0, 0.1) is 0 Å². The van der Waals surface area contributed by atoms with Gasteiger partial charge in [0.05, 0.1) is 0 Å². The maximum absolute atomic E-state index is 3.58. The molecule has 0 radical (unpaired) electrons. The fourth-order valence-corrected chi connectivity index (χ4v) is 2.47. The highest BCUT2D eigenvalue weighted by Gasteiger charge is 2.38. The zero-order chi connectivity index (χ0) is 11.6. The molecule has 1 aromatic rings. The highest BCUT2D eigenvalue weighted by atomic mass is 15.2. The number of likely N-dealkylation sites (N-methyl/N-ethyl adjacent to an activating group) is 1. The molecule has 90 valence electrons. The first-order valence-electron chi connectivity index (χ1n) is 6.11. The van der Waals surface area contributed by atoms with Gasteiger partial charge in [-0.3, -0.25) is 0 Å². The van der Waals surface area contributed by atoms with E-state index in [4.69, 9.17) is 0 Å². The van der Waals surface area contributed by atoms with E-state index in [0.29, 0.717) is 5.54 Å². The predicted octanol–water partition coefficient (Wildman–Crippen LogP) is 1.60. The molecule has 1 aliphatic rings. The van der Waals surface area contributed by atoms with Crippen molar-refractivity contribution in [2.45, 2.75) is 31.3 Å². The first-order valence-corrected chi connectivity index (χ1v) is 6.11. The first-order chi connectivity index (χ1) is 7.62. The van der Waals surface area contributed by atoms with E-state index in [2.05, 4.69) is 54.4 Å². The largest absolute Gasteiger partial charge is 0.357 e. The maximum atomic E-state index is 3.58. The second-order valence-electron chi connectivity index (χ2n) is 5.26. The van der Waals surface area contributed by atoms with Crippen molar-refractivity contribution < 1.29 is 0 Å². The first kappa shape index (κ1) is 11.7. The Kier molecular flexibility index (Phi) is 3.36. The summed E-state index contributed by atoms with van der Waals surface area (Å²) in [6.07, 6.45) is 8.33.